The highest BCUT2D eigenvalue weighted by Gasteiger charge is 2.20. The molecule has 1 N–H and O–H groups in total. The monoisotopic (exact) mass is 372 g/mol. The zero-order chi connectivity index (χ0) is 13.7. The van der Waals surface area contributed by atoms with E-state index in [9.17, 15) is 0 Å². The van der Waals surface area contributed by atoms with Crippen molar-refractivity contribution < 1.29 is 0 Å². The van der Waals surface area contributed by atoms with Crippen LogP contribution in [-0.2, 0) is 0 Å². The van der Waals surface area contributed by atoms with Crippen molar-refractivity contribution in [3.05, 3.63) is 33.4 Å². The minimum atomic E-state index is 0.518. The van der Waals surface area contributed by atoms with E-state index in [-0.39, 0.29) is 0 Å². The predicted molar refractivity (Wildman–Crippen MR) is 90.4 cm³/mol. The molecule has 1 heterocycles. The molecule has 1 saturated heterocycles. The third kappa shape index (κ3) is 4.43. The Morgan fingerprint density at radius 3 is 2.68 bits per heavy atom. The summed E-state index contributed by atoms with van der Waals surface area (Å²) in [6.45, 7) is 9.35. The molecule has 0 bridgehead atoms. The SMILES string of the molecule is CCN(CC1CCCNC1)C(C)c1ccc(I)cc1. The van der Waals surface area contributed by atoms with E-state index < -0.39 is 0 Å². The van der Waals surface area contributed by atoms with Crippen molar-refractivity contribution in [1.29, 1.82) is 0 Å². The van der Waals surface area contributed by atoms with Gasteiger partial charge < -0.3 is 5.32 Å². The van der Waals surface area contributed by atoms with Crippen LogP contribution in [0.1, 0.15) is 38.3 Å². The molecular formula is C16H25IN2. The Bertz CT molecular complexity index is 371. The zero-order valence-electron chi connectivity index (χ0n) is 12.0. The van der Waals surface area contributed by atoms with Crippen LogP contribution in [0.2, 0.25) is 0 Å². The molecule has 2 nitrogen and oxygen atoms in total. The summed E-state index contributed by atoms with van der Waals surface area (Å²) in [4.78, 5) is 2.61. The van der Waals surface area contributed by atoms with Crippen molar-refractivity contribution in [2.24, 2.45) is 5.92 Å². The Morgan fingerprint density at radius 1 is 1.37 bits per heavy atom. The Morgan fingerprint density at radius 2 is 2.11 bits per heavy atom. The second-order valence-electron chi connectivity index (χ2n) is 5.53. The van der Waals surface area contributed by atoms with E-state index >= 15 is 0 Å². The minimum Gasteiger partial charge on any atom is -0.316 e. The molecule has 0 saturated carbocycles. The lowest BCUT2D eigenvalue weighted by Gasteiger charge is -2.33. The van der Waals surface area contributed by atoms with Crippen LogP contribution in [0.5, 0.6) is 0 Å². The maximum absolute atomic E-state index is 3.52. The summed E-state index contributed by atoms with van der Waals surface area (Å²) >= 11 is 2.37. The first-order valence-electron chi connectivity index (χ1n) is 7.41. The Labute approximate surface area is 131 Å². The molecule has 1 aliphatic rings. The Balaban J connectivity index is 1.97. The van der Waals surface area contributed by atoms with Gasteiger partial charge in [-0.3, -0.25) is 4.90 Å². The van der Waals surface area contributed by atoms with Crippen molar-refractivity contribution in [1.82, 2.24) is 10.2 Å². The normalized spacial score (nSPS) is 21.6. The molecular weight excluding hydrogens is 347 g/mol. The first kappa shape index (κ1) is 15.3. The average Bonchev–Trinajstić information content (AvgIpc) is 2.46. The van der Waals surface area contributed by atoms with E-state index in [0.29, 0.717) is 6.04 Å². The molecule has 106 valence electrons. The van der Waals surface area contributed by atoms with Gasteiger partial charge in [0, 0.05) is 16.2 Å². The van der Waals surface area contributed by atoms with Crippen molar-refractivity contribution in [3.63, 3.8) is 0 Å². The predicted octanol–water partition coefficient (Wildman–Crippen LogP) is 3.67. The van der Waals surface area contributed by atoms with E-state index in [4.69, 9.17) is 0 Å². The maximum Gasteiger partial charge on any atom is 0.0319 e. The van der Waals surface area contributed by atoms with E-state index in [2.05, 4.69) is 70.9 Å². The number of halogens is 1. The van der Waals surface area contributed by atoms with Crippen LogP contribution in [0.3, 0.4) is 0 Å². The van der Waals surface area contributed by atoms with Crippen LogP contribution in [0.25, 0.3) is 0 Å². The molecule has 2 unspecified atom stereocenters. The van der Waals surface area contributed by atoms with Crippen LogP contribution in [0, 0.1) is 9.49 Å². The number of benzene rings is 1. The van der Waals surface area contributed by atoms with Crippen LogP contribution in [-0.4, -0.2) is 31.1 Å². The topological polar surface area (TPSA) is 15.3 Å². The molecule has 3 heteroatoms. The Kier molecular flexibility index (Phi) is 6.10. The summed E-state index contributed by atoms with van der Waals surface area (Å²) in [6.07, 6.45) is 2.71. The van der Waals surface area contributed by atoms with Gasteiger partial charge in [-0.15, -0.1) is 0 Å². The van der Waals surface area contributed by atoms with E-state index in [1.807, 2.05) is 0 Å². The first-order chi connectivity index (χ1) is 9.20. The van der Waals surface area contributed by atoms with Gasteiger partial charge in [0.25, 0.3) is 0 Å². The fourth-order valence-electron chi connectivity index (χ4n) is 2.92. The number of nitrogens with zero attached hydrogens (tertiary/aromatic N) is 1. The van der Waals surface area contributed by atoms with Crippen molar-refractivity contribution in [3.8, 4) is 0 Å². The second-order valence-corrected chi connectivity index (χ2v) is 6.77. The average molecular weight is 372 g/mol. The van der Waals surface area contributed by atoms with Gasteiger partial charge in [0.05, 0.1) is 0 Å². The highest BCUT2D eigenvalue weighted by molar-refractivity contribution is 14.1. The highest BCUT2D eigenvalue weighted by atomic mass is 127. The molecule has 0 spiro atoms. The molecule has 1 aromatic rings. The van der Waals surface area contributed by atoms with Gasteiger partial charge in [-0.25, -0.2) is 0 Å². The van der Waals surface area contributed by atoms with E-state index in [0.717, 1.165) is 12.5 Å². The summed E-state index contributed by atoms with van der Waals surface area (Å²) in [5.74, 6) is 0.819. The standard InChI is InChI=1S/C16H25IN2/c1-3-19(12-14-5-4-10-18-11-14)13(2)15-6-8-16(17)9-7-15/h6-9,13-14,18H,3-5,10-12H2,1-2H3. The van der Waals surface area contributed by atoms with Crippen molar-refractivity contribution in [2.45, 2.75) is 32.7 Å². The van der Waals surface area contributed by atoms with Crippen molar-refractivity contribution in [2.75, 3.05) is 26.2 Å². The number of piperidine rings is 1. The van der Waals surface area contributed by atoms with Gasteiger partial charge in [-0.05, 0) is 85.6 Å². The quantitative estimate of drug-likeness (QED) is 0.794. The molecule has 2 atom stereocenters. The number of nitrogens with one attached hydrogen (secondary N) is 1. The van der Waals surface area contributed by atoms with Crippen LogP contribution >= 0.6 is 22.6 Å². The molecule has 0 aliphatic carbocycles. The van der Waals surface area contributed by atoms with Gasteiger partial charge in [-0.1, -0.05) is 19.1 Å². The summed E-state index contributed by atoms with van der Waals surface area (Å²) in [6, 6.07) is 9.48. The summed E-state index contributed by atoms with van der Waals surface area (Å²) < 4.78 is 1.31. The first-order valence-corrected chi connectivity index (χ1v) is 8.48. The summed E-state index contributed by atoms with van der Waals surface area (Å²) in [5, 5.41) is 3.52. The van der Waals surface area contributed by atoms with Crippen LogP contribution < -0.4 is 5.32 Å². The van der Waals surface area contributed by atoms with E-state index in [1.54, 1.807) is 0 Å². The smallest absolute Gasteiger partial charge is 0.0319 e. The molecule has 0 radical (unpaired) electrons. The maximum atomic E-state index is 3.52. The van der Waals surface area contributed by atoms with Crippen LogP contribution in [0.15, 0.2) is 24.3 Å². The third-order valence-electron chi connectivity index (χ3n) is 4.20. The number of hydrogen-bond donors (Lipinski definition) is 1. The summed E-state index contributed by atoms with van der Waals surface area (Å²) in [5.41, 5.74) is 1.44. The molecule has 1 aliphatic heterocycles. The lowest BCUT2D eigenvalue weighted by Crippen LogP contribution is -2.39. The molecule has 1 aromatic carbocycles. The fourth-order valence-corrected chi connectivity index (χ4v) is 3.28. The molecule has 19 heavy (non-hydrogen) atoms. The van der Waals surface area contributed by atoms with Crippen molar-refractivity contribution >= 4 is 22.6 Å². The molecule has 2 rings (SSSR count). The van der Waals surface area contributed by atoms with E-state index in [1.165, 1.54) is 41.6 Å². The number of hydrogen-bond acceptors (Lipinski definition) is 2. The fraction of sp³-hybridized carbons (Fsp3) is 0.625. The van der Waals surface area contributed by atoms with Gasteiger partial charge in [0.15, 0.2) is 0 Å². The second kappa shape index (κ2) is 7.60. The van der Waals surface area contributed by atoms with Crippen LogP contribution in [0.4, 0.5) is 0 Å². The minimum absolute atomic E-state index is 0.518. The molecule has 0 aromatic heterocycles. The Hall–Kier alpha value is -0.130. The lowest BCUT2D eigenvalue weighted by atomic mass is 9.97. The van der Waals surface area contributed by atoms with Gasteiger partial charge in [-0.2, -0.15) is 0 Å². The largest absolute Gasteiger partial charge is 0.316 e. The molecule has 0 amide bonds. The lowest BCUT2D eigenvalue weighted by molar-refractivity contribution is 0.171. The van der Waals surface area contributed by atoms with Gasteiger partial charge in [0.1, 0.15) is 0 Å². The number of rotatable bonds is 5. The van der Waals surface area contributed by atoms with Gasteiger partial charge in [0.2, 0.25) is 0 Å². The van der Waals surface area contributed by atoms with Gasteiger partial charge >= 0.3 is 0 Å². The zero-order valence-corrected chi connectivity index (χ0v) is 14.2. The molecule has 1 fully saturated rings. The third-order valence-corrected chi connectivity index (χ3v) is 4.92. The highest BCUT2D eigenvalue weighted by Crippen LogP contribution is 2.23. The summed E-state index contributed by atoms with van der Waals surface area (Å²) in [7, 11) is 0.